The fourth-order valence-electron chi connectivity index (χ4n) is 2.10. The van der Waals surface area contributed by atoms with Crippen LogP contribution in [0.3, 0.4) is 0 Å². The van der Waals surface area contributed by atoms with Gasteiger partial charge in [-0.3, -0.25) is 4.90 Å². The average Bonchev–Trinajstić information content (AvgIpc) is 2.63. The third-order valence-corrected chi connectivity index (χ3v) is 4.01. The van der Waals surface area contributed by atoms with E-state index in [0.29, 0.717) is 16.4 Å². The summed E-state index contributed by atoms with van der Waals surface area (Å²) in [7, 11) is 0. The van der Waals surface area contributed by atoms with Crippen LogP contribution in [0.5, 0.6) is 0 Å². The van der Waals surface area contributed by atoms with E-state index in [1.165, 1.54) is 0 Å². The van der Waals surface area contributed by atoms with Crippen molar-refractivity contribution < 1.29 is 13.2 Å². The quantitative estimate of drug-likeness (QED) is 0.909. The summed E-state index contributed by atoms with van der Waals surface area (Å²) < 4.78 is 38.5. The van der Waals surface area contributed by atoms with E-state index in [2.05, 4.69) is 15.2 Å². The van der Waals surface area contributed by atoms with Gasteiger partial charge in [-0.25, -0.2) is 4.98 Å². The fraction of sp³-hybridized carbons (Fsp3) is 0.727. The molecular formula is C11H17ClF3N3S. The molecule has 0 spiro atoms. The van der Waals surface area contributed by atoms with E-state index in [0.717, 1.165) is 31.0 Å². The first-order chi connectivity index (χ1) is 8.38. The van der Waals surface area contributed by atoms with Gasteiger partial charge in [0, 0.05) is 32.2 Å². The van der Waals surface area contributed by atoms with Crippen molar-refractivity contribution >= 4 is 23.7 Å². The number of alkyl halides is 3. The van der Waals surface area contributed by atoms with Crippen molar-refractivity contribution in [2.45, 2.75) is 32.6 Å². The molecule has 8 heteroatoms. The second-order valence-corrected chi connectivity index (χ2v) is 5.81. The van der Waals surface area contributed by atoms with Crippen LogP contribution < -0.4 is 5.32 Å². The van der Waals surface area contributed by atoms with Crippen LogP contribution in [0.15, 0.2) is 0 Å². The molecule has 2 heterocycles. The molecule has 1 aliphatic rings. The van der Waals surface area contributed by atoms with Crippen LogP contribution in [-0.4, -0.2) is 35.6 Å². The fourth-order valence-corrected chi connectivity index (χ4v) is 3.08. The molecule has 0 aromatic carbocycles. The Balaban J connectivity index is 0.00000180. The number of nitrogens with one attached hydrogen (secondary N) is 1. The lowest BCUT2D eigenvalue weighted by molar-refractivity contribution is -0.141. The number of aromatic nitrogens is 1. The van der Waals surface area contributed by atoms with Crippen molar-refractivity contribution in [2.24, 2.45) is 0 Å². The minimum absolute atomic E-state index is 0. The van der Waals surface area contributed by atoms with Gasteiger partial charge in [-0.2, -0.15) is 13.2 Å². The largest absolute Gasteiger partial charge is 0.434 e. The van der Waals surface area contributed by atoms with Crippen molar-refractivity contribution in [3.63, 3.8) is 0 Å². The van der Waals surface area contributed by atoms with E-state index in [-0.39, 0.29) is 18.4 Å². The lowest BCUT2D eigenvalue weighted by Gasteiger charge is -2.33. The summed E-state index contributed by atoms with van der Waals surface area (Å²) in [5, 5.41) is 3.70. The molecule has 3 nitrogen and oxygen atoms in total. The molecule has 0 aliphatic carbocycles. The van der Waals surface area contributed by atoms with Gasteiger partial charge < -0.3 is 5.32 Å². The first-order valence-electron chi connectivity index (χ1n) is 5.86. The molecule has 0 bridgehead atoms. The van der Waals surface area contributed by atoms with Crippen molar-refractivity contribution in [3.8, 4) is 0 Å². The zero-order chi connectivity index (χ0) is 13.3. The first-order valence-corrected chi connectivity index (χ1v) is 6.68. The van der Waals surface area contributed by atoms with Gasteiger partial charge in [-0.1, -0.05) is 0 Å². The minimum Gasteiger partial charge on any atom is -0.314 e. The second kappa shape index (κ2) is 6.39. The Morgan fingerprint density at radius 2 is 2.16 bits per heavy atom. The Morgan fingerprint density at radius 1 is 1.47 bits per heavy atom. The van der Waals surface area contributed by atoms with E-state index < -0.39 is 11.9 Å². The summed E-state index contributed by atoms with van der Waals surface area (Å²) in [5.41, 5.74) is -0.712. The molecule has 19 heavy (non-hydrogen) atoms. The molecule has 1 aliphatic heterocycles. The van der Waals surface area contributed by atoms with Crippen LogP contribution in [-0.2, 0) is 12.7 Å². The third-order valence-electron chi connectivity index (χ3n) is 3.06. The molecule has 0 unspecified atom stereocenters. The summed E-state index contributed by atoms with van der Waals surface area (Å²) in [4.78, 5) is 6.02. The van der Waals surface area contributed by atoms with Gasteiger partial charge in [0.25, 0.3) is 0 Å². The summed E-state index contributed by atoms with van der Waals surface area (Å²) in [6.45, 7) is 6.39. The van der Waals surface area contributed by atoms with Gasteiger partial charge in [-0.15, -0.1) is 23.7 Å². The number of aryl methyl sites for hydroxylation is 1. The normalized spacial score (nSPS) is 21.2. The van der Waals surface area contributed by atoms with Crippen LogP contribution in [0, 0.1) is 6.92 Å². The standard InChI is InChI=1S/C11H16F3N3S.ClH/c1-7-5-15-3-4-17(7)6-9-10(11(12,13)14)16-8(2)18-9;/h7,15H,3-6H2,1-2H3;1H/t7-;/m1./s1. The summed E-state index contributed by atoms with van der Waals surface area (Å²) in [6, 6.07) is 0.252. The minimum atomic E-state index is -4.35. The molecule has 2 rings (SSSR count). The maximum atomic E-state index is 12.8. The lowest BCUT2D eigenvalue weighted by Crippen LogP contribution is -2.49. The highest BCUT2D eigenvalue weighted by atomic mass is 35.5. The molecule has 1 saturated heterocycles. The Hall–Kier alpha value is -0.370. The summed E-state index contributed by atoms with van der Waals surface area (Å²) in [6.07, 6.45) is -4.35. The first kappa shape index (κ1) is 16.7. The summed E-state index contributed by atoms with van der Waals surface area (Å²) >= 11 is 1.14. The number of piperazine rings is 1. The predicted octanol–water partition coefficient (Wildman–Crippen LogP) is 2.69. The third kappa shape index (κ3) is 4.05. The Labute approximate surface area is 120 Å². The van der Waals surface area contributed by atoms with Gasteiger partial charge in [0.1, 0.15) is 0 Å². The van der Waals surface area contributed by atoms with Crippen molar-refractivity contribution in [2.75, 3.05) is 19.6 Å². The number of thiazole rings is 1. The molecule has 0 saturated carbocycles. The van der Waals surface area contributed by atoms with Gasteiger partial charge in [0.2, 0.25) is 0 Å². The van der Waals surface area contributed by atoms with Crippen LogP contribution in [0.4, 0.5) is 13.2 Å². The Kier molecular flexibility index (Phi) is 5.61. The number of rotatable bonds is 2. The van der Waals surface area contributed by atoms with Crippen LogP contribution in [0.25, 0.3) is 0 Å². The molecule has 0 amide bonds. The van der Waals surface area contributed by atoms with Gasteiger partial charge in [0.05, 0.1) is 9.88 Å². The molecule has 110 valence electrons. The molecule has 0 radical (unpaired) electrons. The van der Waals surface area contributed by atoms with Gasteiger partial charge in [-0.05, 0) is 13.8 Å². The maximum absolute atomic E-state index is 12.8. The molecular weight excluding hydrogens is 299 g/mol. The molecule has 1 atom stereocenters. The maximum Gasteiger partial charge on any atom is 0.434 e. The monoisotopic (exact) mass is 315 g/mol. The highest BCUT2D eigenvalue weighted by molar-refractivity contribution is 7.11. The smallest absolute Gasteiger partial charge is 0.314 e. The number of hydrogen-bond donors (Lipinski definition) is 1. The van der Waals surface area contributed by atoms with E-state index in [4.69, 9.17) is 0 Å². The average molecular weight is 316 g/mol. The molecule has 1 N–H and O–H groups in total. The molecule has 1 aromatic heterocycles. The van der Waals surface area contributed by atoms with E-state index in [1.54, 1.807) is 6.92 Å². The lowest BCUT2D eigenvalue weighted by atomic mass is 10.2. The second-order valence-electron chi connectivity index (χ2n) is 4.53. The zero-order valence-electron chi connectivity index (χ0n) is 10.8. The molecule has 1 aromatic rings. The van der Waals surface area contributed by atoms with E-state index in [9.17, 15) is 13.2 Å². The topological polar surface area (TPSA) is 28.2 Å². The summed E-state index contributed by atoms with van der Waals surface area (Å²) in [5.74, 6) is 0. The van der Waals surface area contributed by atoms with Gasteiger partial charge >= 0.3 is 6.18 Å². The number of halogens is 4. The highest BCUT2D eigenvalue weighted by Crippen LogP contribution is 2.35. The van der Waals surface area contributed by atoms with Crippen LogP contribution >= 0.6 is 23.7 Å². The van der Waals surface area contributed by atoms with Crippen molar-refractivity contribution in [1.29, 1.82) is 0 Å². The Morgan fingerprint density at radius 3 is 2.74 bits per heavy atom. The SMILES string of the molecule is Cc1nc(C(F)(F)F)c(CN2CCNC[C@H]2C)s1.Cl. The van der Waals surface area contributed by atoms with Crippen LogP contribution in [0.2, 0.25) is 0 Å². The van der Waals surface area contributed by atoms with Crippen molar-refractivity contribution in [1.82, 2.24) is 15.2 Å². The number of nitrogens with zero attached hydrogens (tertiary/aromatic N) is 2. The zero-order valence-corrected chi connectivity index (χ0v) is 12.4. The predicted molar refractivity (Wildman–Crippen MR) is 71.8 cm³/mol. The van der Waals surface area contributed by atoms with Crippen molar-refractivity contribution in [3.05, 3.63) is 15.6 Å². The Bertz CT molecular complexity index is 422. The van der Waals surface area contributed by atoms with Gasteiger partial charge in [0.15, 0.2) is 5.69 Å². The highest BCUT2D eigenvalue weighted by Gasteiger charge is 2.37. The van der Waals surface area contributed by atoms with E-state index >= 15 is 0 Å². The molecule has 1 fully saturated rings. The van der Waals surface area contributed by atoms with E-state index in [1.807, 2.05) is 6.92 Å². The number of hydrogen-bond acceptors (Lipinski definition) is 4. The van der Waals surface area contributed by atoms with Crippen LogP contribution in [0.1, 0.15) is 22.5 Å².